The Balaban J connectivity index is 1.60. The normalized spacial score (nSPS) is 11.7. The number of anilines is 1. The molecule has 0 bridgehead atoms. The predicted octanol–water partition coefficient (Wildman–Crippen LogP) is 5.38. The quantitative estimate of drug-likeness (QED) is 0.162. The first-order valence-corrected chi connectivity index (χ1v) is 10.7. The Kier molecular flexibility index (Phi) is 6.77. The Morgan fingerprint density at radius 2 is 1.86 bits per heavy atom. The number of hydroxylamine groups is 1. The van der Waals surface area contributed by atoms with Gasteiger partial charge in [0.05, 0.1) is 27.3 Å². The van der Waals surface area contributed by atoms with E-state index >= 15 is 0 Å². The van der Waals surface area contributed by atoms with Gasteiger partial charge in [-0.1, -0.05) is 17.7 Å². The molecule has 0 aliphatic heterocycles. The summed E-state index contributed by atoms with van der Waals surface area (Å²) in [7, 11) is 0. The molecule has 0 radical (unpaired) electrons. The largest absolute Gasteiger partial charge is 0.433 e. The van der Waals surface area contributed by atoms with Gasteiger partial charge in [-0.3, -0.25) is 14.8 Å². The summed E-state index contributed by atoms with van der Waals surface area (Å²) in [5, 5.41) is 11.6. The zero-order chi connectivity index (χ0) is 26.0. The van der Waals surface area contributed by atoms with Crippen molar-refractivity contribution in [3.63, 3.8) is 0 Å². The first-order valence-electron chi connectivity index (χ1n) is 10.3. The van der Waals surface area contributed by atoms with Gasteiger partial charge in [0.1, 0.15) is 11.5 Å². The van der Waals surface area contributed by atoms with Crippen LogP contribution in [0.5, 0.6) is 0 Å². The van der Waals surface area contributed by atoms with Gasteiger partial charge in [-0.05, 0) is 61.0 Å². The number of pyridine rings is 1. The average molecular weight is 516 g/mol. The second kappa shape index (κ2) is 9.80. The van der Waals surface area contributed by atoms with Crippen molar-refractivity contribution in [1.82, 2.24) is 20.4 Å². The first-order chi connectivity index (χ1) is 17.0. The van der Waals surface area contributed by atoms with Crippen LogP contribution in [0.15, 0.2) is 54.6 Å². The lowest BCUT2D eigenvalue weighted by atomic mass is 10.1. The second-order valence-corrected chi connectivity index (χ2v) is 8.05. The molecule has 0 saturated heterocycles. The number of alkyl halides is 3. The van der Waals surface area contributed by atoms with E-state index in [4.69, 9.17) is 16.8 Å². The molecule has 0 spiro atoms. The fourth-order valence-electron chi connectivity index (χ4n) is 3.41. The number of benzene rings is 2. The molecule has 8 nitrogen and oxygen atoms in total. The number of halogens is 4. The van der Waals surface area contributed by atoms with Crippen LogP contribution in [-0.2, 0) is 11.0 Å². The molecule has 0 unspecified atom stereocenters. The molecule has 184 valence electrons. The minimum atomic E-state index is -4.61. The van der Waals surface area contributed by atoms with Gasteiger partial charge in [-0.25, -0.2) is 15.4 Å². The van der Waals surface area contributed by atoms with Crippen molar-refractivity contribution in [2.75, 3.05) is 5.32 Å². The summed E-state index contributed by atoms with van der Waals surface area (Å²) < 4.78 is 38.6. The van der Waals surface area contributed by atoms with E-state index in [9.17, 15) is 22.8 Å². The second-order valence-electron chi connectivity index (χ2n) is 7.65. The lowest BCUT2D eigenvalue weighted by Crippen LogP contribution is -2.16. The highest BCUT2D eigenvalue weighted by Gasteiger charge is 2.33. The minimum Gasteiger partial charge on any atom is -0.338 e. The fraction of sp³-hybridized carbons (Fsp3) is 0.0833. The number of amides is 2. The summed E-state index contributed by atoms with van der Waals surface area (Å²) in [4.78, 5) is 35.0. The molecule has 4 rings (SSSR count). The van der Waals surface area contributed by atoms with Gasteiger partial charge in [0.15, 0.2) is 0 Å². The van der Waals surface area contributed by atoms with E-state index in [1.807, 2.05) is 0 Å². The summed E-state index contributed by atoms with van der Waals surface area (Å²) in [6, 6.07) is 11.7. The van der Waals surface area contributed by atoms with E-state index in [0.717, 1.165) is 18.2 Å². The van der Waals surface area contributed by atoms with Crippen LogP contribution in [0, 0.1) is 6.92 Å². The molecular weight excluding hydrogens is 499 g/mol. The molecule has 0 aliphatic carbocycles. The molecular formula is C24H17ClF3N5O3. The van der Waals surface area contributed by atoms with Gasteiger partial charge in [0, 0.05) is 17.3 Å². The number of nitrogens with zero attached hydrogens (tertiary/aromatic N) is 2. The van der Waals surface area contributed by atoms with E-state index in [0.29, 0.717) is 38.7 Å². The highest BCUT2D eigenvalue weighted by molar-refractivity contribution is 6.33. The number of nitrogens with one attached hydrogen (secondary N) is 3. The van der Waals surface area contributed by atoms with E-state index in [1.165, 1.54) is 18.5 Å². The number of carbonyl (C=O) groups excluding carboxylic acids is 2. The van der Waals surface area contributed by atoms with E-state index in [-0.39, 0.29) is 11.3 Å². The monoisotopic (exact) mass is 515 g/mol. The SMILES string of the molecule is Cc1nc(C(F)(F)F)ccc1C(=O)Nc1ccc(Cl)c(-c2nc3cc(/C=C/C(=O)NO)ccc3[nH]2)c1. The van der Waals surface area contributed by atoms with Gasteiger partial charge in [0.25, 0.3) is 11.8 Å². The lowest BCUT2D eigenvalue weighted by molar-refractivity contribution is -0.141. The Hall–Kier alpha value is -4.22. The van der Waals surface area contributed by atoms with E-state index in [1.54, 1.807) is 36.4 Å². The van der Waals surface area contributed by atoms with Crippen LogP contribution in [0.3, 0.4) is 0 Å². The highest BCUT2D eigenvalue weighted by Crippen LogP contribution is 2.31. The maximum atomic E-state index is 12.9. The Morgan fingerprint density at radius 3 is 2.56 bits per heavy atom. The maximum absolute atomic E-state index is 12.9. The summed E-state index contributed by atoms with van der Waals surface area (Å²) in [6.07, 6.45) is -1.95. The van der Waals surface area contributed by atoms with Gasteiger partial charge in [-0.15, -0.1) is 0 Å². The number of fused-ring (bicyclic) bond motifs is 1. The molecule has 0 aliphatic rings. The number of hydrogen-bond donors (Lipinski definition) is 4. The van der Waals surface area contributed by atoms with Crippen LogP contribution >= 0.6 is 11.6 Å². The van der Waals surface area contributed by atoms with Crippen molar-refractivity contribution in [3.8, 4) is 11.4 Å². The van der Waals surface area contributed by atoms with Crippen LogP contribution < -0.4 is 10.8 Å². The molecule has 2 heterocycles. The van der Waals surface area contributed by atoms with Crippen molar-refractivity contribution in [1.29, 1.82) is 0 Å². The standard InChI is InChI=1S/C24H17ClF3N5O3/c1-12-15(5-8-20(29-12)24(26,27)28)23(35)30-14-4-6-17(25)16(11-14)22-31-18-7-2-13(10-19(18)32-22)3-9-21(34)33-36/h2-11,36H,1H3,(H,30,35)(H,31,32)(H,33,34)/b9-3+. The molecule has 36 heavy (non-hydrogen) atoms. The minimum absolute atomic E-state index is 0.00120. The number of aryl methyl sites for hydroxylation is 1. The molecule has 0 fully saturated rings. The van der Waals surface area contributed by atoms with Gasteiger partial charge < -0.3 is 10.3 Å². The van der Waals surface area contributed by atoms with Crippen LogP contribution in [0.2, 0.25) is 5.02 Å². The van der Waals surface area contributed by atoms with Crippen LogP contribution in [0.4, 0.5) is 18.9 Å². The van der Waals surface area contributed by atoms with Gasteiger partial charge in [-0.2, -0.15) is 13.2 Å². The van der Waals surface area contributed by atoms with Gasteiger partial charge in [0.2, 0.25) is 0 Å². The smallest absolute Gasteiger partial charge is 0.338 e. The summed E-state index contributed by atoms with van der Waals surface area (Å²) >= 11 is 6.36. The van der Waals surface area contributed by atoms with Crippen molar-refractivity contribution in [2.45, 2.75) is 13.1 Å². The van der Waals surface area contributed by atoms with Crippen LogP contribution in [0.25, 0.3) is 28.5 Å². The lowest BCUT2D eigenvalue weighted by Gasteiger charge is -2.11. The number of H-pyrrole nitrogens is 1. The molecule has 0 atom stereocenters. The number of rotatable bonds is 5. The number of carbonyl (C=O) groups is 2. The predicted molar refractivity (Wildman–Crippen MR) is 127 cm³/mol. The molecule has 2 amide bonds. The van der Waals surface area contributed by atoms with Crippen molar-refractivity contribution >= 4 is 46.2 Å². The summed E-state index contributed by atoms with van der Waals surface area (Å²) in [5.41, 5.74) is 3.11. The van der Waals surface area contributed by atoms with Crippen molar-refractivity contribution in [3.05, 3.63) is 82.1 Å². The van der Waals surface area contributed by atoms with Crippen LogP contribution in [-0.4, -0.2) is 32.0 Å². The Labute approximate surface area is 206 Å². The zero-order valence-corrected chi connectivity index (χ0v) is 19.2. The topological polar surface area (TPSA) is 120 Å². The zero-order valence-electron chi connectivity index (χ0n) is 18.4. The third-order valence-corrected chi connectivity index (χ3v) is 5.47. The van der Waals surface area contributed by atoms with Crippen molar-refractivity contribution in [2.24, 2.45) is 0 Å². The first kappa shape index (κ1) is 24.9. The number of aromatic amines is 1. The Morgan fingerprint density at radius 1 is 1.08 bits per heavy atom. The summed E-state index contributed by atoms with van der Waals surface area (Å²) in [5.74, 6) is -0.895. The maximum Gasteiger partial charge on any atom is 0.433 e. The third kappa shape index (κ3) is 5.37. The van der Waals surface area contributed by atoms with Crippen LogP contribution in [0.1, 0.15) is 27.3 Å². The molecule has 4 aromatic rings. The highest BCUT2D eigenvalue weighted by atomic mass is 35.5. The molecule has 4 N–H and O–H groups in total. The molecule has 0 saturated carbocycles. The molecule has 2 aromatic heterocycles. The number of aromatic nitrogens is 3. The van der Waals surface area contributed by atoms with E-state index in [2.05, 4.69) is 20.3 Å². The molecule has 12 heteroatoms. The van der Waals surface area contributed by atoms with E-state index < -0.39 is 23.7 Å². The third-order valence-electron chi connectivity index (χ3n) is 5.14. The average Bonchev–Trinajstić information content (AvgIpc) is 3.26. The summed E-state index contributed by atoms with van der Waals surface area (Å²) in [6.45, 7) is 1.32. The number of hydrogen-bond acceptors (Lipinski definition) is 5. The molecule has 2 aromatic carbocycles. The fourth-order valence-corrected chi connectivity index (χ4v) is 3.61. The van der Waals surface area contributed by atoms with Crippen molar-refractivity contribution < 1.29 is 28.0 Å². The number of imidazole rings is 1. The van der Waals surface area contributed by atoms with Gasteiger partial charge >= 0.3 is 6.18 Å². The Bertz CT molecular complexity index is 1510.